The van der Waals surface area contributed by atoms with Crippen LogP contribution in [0.3, 0.4) is 0 Å². The van der Waals surface area contributed by atoms with Crippen LogP contribution >= 0.6 is 0 Å². The van der Waals surface area contributed by atoms with E-state index in [1.165, 1.54) is 11.6 Å². The Kier molecular flexibility index (Phi) is 7.47. The van der Waals surface area contributed by atoms with Gasteiger partial charge in [0.05, 0.1) is 19.3 Å². The number of fused-ring (bicyclic) bond motifs is 1. The normalized spacial score (nSPS) is 16.2. The van der Waals surface area contributed by atoms with Gasteiger partial charge in [-0.3, -0.25) is 23.7 Å². The first-order chi connectivity index (χ1) is 16.4. The number of aliphatic hydroxyl groups excluding tert-OH is 2. The van der Waals surface area contributed by atoms with Gasteiger partial charge in [0.1, 0.15) is 0 Å². The van der Waals surface area contributed by atoms with Crippen molar-refractivity contribution >= 4 is 17.1 Å². The molecule has 184 valence electrons. The van der Waals surface area contributed by atoms with Crippen LogP contribution in [0.15, 0.2) is 39.9 Å². The second kappa shape index (κ2) is 10.5. The first-order valence-corrected chi connectivity index (χ1v) is 11.6. The number of imidazole rings is 1. The van der Waals surface area contributed by atoms with Gasteiger partial charge in [0.25, 0.3) is 5.56 Å². The maximum Gasteiger partial charge on any atom is 0.332 e. The van der Waals surface area contributed by atoms with Crippen LogP contribution in [-0.4, -0.2) is 90.7 Å². The minimum Gasteiger partial charge on any atom is -0.395 e. The Labute approximate surface area is 197 Å². The highest BCUT2D eigenvalue weighted by Crippen LogP contribution is 2.18. The van der Waals surface area contributed by atoms with Gasteiger partial charge in [-0.25, -0.2) is 4.79 Å². The molecule has 3 heterocycles. The third kappa shape index (κ3) is 5.07. The zero-order valence-electron chi connectivity index (χ0n) is 19.7. The predicted octanol–water partition coefficient (Wildman–Crippen LogP) is -0.983. The van der Waals surface area contributed by atoms with Gasteiger partial charge in [-0.2, -0.15) is 4.98 Å². The number of hydrogen-bond acceptors (Lipinski definition) is 8. The lowest BCUT2D eigenvalue weighted by atomic mass is 10.2. The molecule has 0 spiro atoms. The Bertz CT molecular complexity index is 1230. The van der Waals surface area contributed by atoms with Gasteiger partial charge in [-0.1, -0.05) is 30.3 Å². The molecule has 0 amide bonds. The number of hydrogen-bond donors (Lipinski definition) is 3. The van der Waals surface area contributed by atoms with Crippen molar-refractivity contribution in [3.8, 4) is 0 Å². The van der Waals surface area contributed by atoms with Crippen molar-refractivity contribution in [3.63, 3.8) is 0 Å². The van der Waals surface area contributed by atoms with Gasteiger partial charge in [0, 0.05) is 59.9 Å². The summed E-state index contributed by atoms with van der Waals surface area (Å²) in [5, 5.41) is 23.3. The number of piperazine rings is 1. The number of rotatable bonds is 9. The molecule has 3 aromatic rings. The van der Waals surface area contributed by atoms with Crippen LogP contribution in [-0.2, 0) is 27.2 Å². The van der Waals surface area contributed by atoms with Crippen LogP contribution in [0.5, 0.6) is 0 Å². The molecule has 0 unspecified atom stereocenters. The highest BCUT2D eigenvalue weighted by Gasteiger charge is 2.23. The van der Waals surface area contributed by atoms with Crippen molar-refractivity contribution in [3.05, 3.63) is 56.7 Å². The van der Waals surface area contributed by atoms with E-state index < -0.39 is 17.4 Å². The molecule has 1 aliphatic heterocycles. The molecular weight excluding hydrogens is 438 g/mol. The van der Waals surface area contributed by atoms with Crippen LogP contribution in [0.4, 0.5) is 5.95 Å². The Morgan fingerprint density at radius 2 is 1.68 bits per heavy atom. The molecule has 34 heavy (non-hydrogen) atoms. The van der Waals surface area contributed by atoms with Crippen LogP contribution < -0.4 is 16.6 Å². The first kappa shape index (κ1) is 24.1. The summed E-state index contributed by atoms with van der Waals surface area (Å²) < 4.78 is 4.11. The van der Waals surface area contributed by atoms with E-state index in [1.54, 1.807) is 11.6 Å². The molecule has 1 atom stereocenters. The largest absolute Gasteiger partial charge is 0.395 e. The molecule has 3 N–H and O–H groups in total. The highest BCUT2D eigenvalue weighted by atomic mass is 16.3. The number of β-amino-alcohol motifs (C(OH)–C–C–N with tert-alkyl or cyclic N) is 2. The van der Waals surface area contributed by atoms with Gasteiger partial charge >= 0.3 is 5.69 Å². The summed E-state index contributed by atoms with van der Waals surface area (Å²) in [7, 11) is 3.03. The average molecular weight is 472 g/mol. The summed E-state index contributed by atoms with van der Waals surface area (Å²) in [6.07, 6.45) is -0.735. The summed E-state index contributed by atoms with van der Waals surface area (Å²) in [5.41, 5.74) is 0.728. The maximum absolute atomic E-state index is 13.0. The van der Waals surface area contributed by atoms with E-state index in [0.29, 0.717) is 25.6 Å². The Balaban J connectivity index is 1.59. The quantitative estimate of drug-likeness (QED) is 0.364. The third-order valence-corrected chi connectivity index (χ3v) is 6.38. The SMILES string of the molecule is Cn1c(=O)c2c(nc(NCc3ccccc3)n2C[C@@H](O)CN2CCN(CCO)CC2)n(C)c1=O. The molecule has 2 aromatic heterocycles. The van der Waals surface area contributed by atoms with E-state index in [2.05, 4.69) is 20.1 Å². The Hall–Kier alpha value is -2.99. The molecule has 0 radical (unpaired) electrons. The zero-order chi connectivity index (χ0) is 24.2. The van der Waals surface area contributed by atoms with E-state index in [1.807, 2.05) is 30.3 Å². The summed E-state index contributed by atoms with van der Waals surface area (Å²) >= 11 is 0. The van der Waals surface area contributed by atoms with Crippen LogP contribution in [0, 0.1) is 0 Å². The topological polar surface area (TPSA) is 121 Å². The summed E-state index contributed by atoms with van der Waals surface area (Å²) in [4.78, 5) is 34.4. The molecule has 11 nitrogen and oxygen atoms in total. The fourth-order valence-electron chi connectivity index (χ4n) is 4.44. The number of benzene rings is 1. The minimum absolute atomic E-state index is 0.145. The van der Waals surface area contributed by atoms with Crippen LogP contribution in [0.1, 0.15) is 5.56 Å². The molecule has 1 aromatic carbocycles. The second-order valence-corrected chi connectivity index (χ2v) is 8.78. The molecule has 0 saturated carbocycles. The van der Waals surface area contributed by atoms with Crippen molar-refractivity contribution in [1.82, 2.24) is 28.5 Å². The number of aromatic nitrogens is 4. The van der Waals surface area contributed by atoms with Gasteiger partial charge in [-0.05, 0) is 5.56 Å². The van der Waals surface area contributed by atoms with E-state index >= 15 is 0 Å². The summed E-state index contributed by atoms with van der Waals surface area (Å²) in [6.45, 7) is 5.20. The Morgan fingerprint density at radius 1 is 1.00 bits per heavy atom. The molecule has 4 rings (SSSR count). The van der Waals surface area contributed by atoms with Crippen molar-refractivity contribution < 1.29 is 10.2 Å². The number of nitrogens with one attached hydrogen (secondary N) is 1. The van der Waals surface area contributed by atoms with E-state index in [0.717, 1.165) is 36.3 Å². The molecule has 1 saturated heterocycles. The standard InChI is InChI=1S/C23H33N7O4/c1-26-20-19(21(33)27(2)23(26)34)30(22(25-20)24-14-17-6-4-3-5-7-17)16-18(32)15-29-10-8-28(9-11-29)12-13-31/h3-7,18,31-32H,8-16H2,1-2H3,(H,24,25)/t18-/m0/s1. The fourth-order valence-corrected chi connectivity index (χ4v) is 4.44. The molecule has 11 heteroatoms. The lowest BCUT2D eigenvalue weighted by molar-refractivity contribution is 0.0597. The van der Waals surface area contributed by atoms with E-state index in [9.17, 15) is 14.7 Å². The summed E-state index contributed by atoms with van der Waals surface area (Å²) in [6, 6.07) is 9.81. The molecule has 0 aliphatic carbocycles. The number of nitrogens with zero attached hydrogens (tertiary/aromatic N) is 6. The molecule has 0 bridgehead atoms. The van der Waals surface area contributed by atoms with E-state index in [4.69, 9.17) is 5.11 Å². The summed E-state index contributed by atoms with van der Waals surface area (Å²) in [5.74, 6) is 0.434. The van der Waals surface area contributed by atoms with Crippen LogP contribution in [0.2, 0.25) is 0 Å². The van der Waals surface area contributed by atoms with Gasteiger partial charge in [0.2, 0.25) is 5.95 Å². The van der Waals surface area contributed by atoms with Gasteiger partial charge in [0.15, 0.2) is 11.2 Å². The van der Waals surface area contributed by atoms with Crippen molar-refractivity contribution in [2.24, 2.45) is 14.1 Å². The number of aliphatic hydroxyl groups is 2. The maximum atomic E-state index is 13.0. The predicted molar refractivity (Wildman–Crippen MR) is 130 cm³/mol. The van der Waals surface area contributed by atoms with E-state index in [-0.39, 0.29) is 24.3 Å². The first-order valence-electron chi connectivity index (χ1n) is 11.6. The fraction of sp³-hybridized carbons (Fsp3) is 0.522. The molecular formula is C23H33N7O4. The molecule has 1 aliphatic rings. The molecule has 1 fully saturated rings. The highest BCUT2D eigenvalue weighted by molar-refractivity contribution is 5.74. The third-order valence-electron chi connectivity index (χ3n) is 6.38. The second-order valence-electron chi connectivity index (χ2n) is 8.78. The lowest BCUT2D eigenvalue weighted by Gasteiger charge is -2.35. The number of anilines is 1. The monoisotopic (exact) mass is 471 g/mol. The minimum atomic E-state index is -0.735. The van der Waals surface area contributed by atoms with Crippen molar-refractivity contribution in [2.75, 3.05) is 51.2 Å². The van der Waals surface area contributed by atoms with Crippen molar-refractivity contribution in [1.29, 1.82) is 0 Å². The average Bonchev–Trinajstić information content (AvgIpc) is 3.20. The number of aryl methyl sites for hydroxylation is 1. The van der Waals surface area contributed by atoms with Crippen LogP contribution in [0.25, 0.3) is 11.2 Å². The Morgan fingerprint density at radius 3 is 2.35 bits per heavy atom. The smallest absolute Gasteiger partial charge is 0.332 e. The zero-order valence-corrected chi connectivity index (χ0v) is 19.7. The lowest BCUT2D eigenvalue weighted by Crippen LogP contribution is -2.49. The van der Waals surface area contributed by atoms with Crippen molar-refractivity contribution in [2.45, 2.75) is 19.2 Å². The van der Waals surface area contributed by atoms with Gasteiger partial charge in [-0.15, -0.1) is 0 Å². The van der Waals surface area contributed by atoms with Gasteiger partial charge < -0.3 is 20.1 Å².